The molecular weight excluding hydrogens is 356 g/mol. The van der Waals surface area contributed by atoms with E-state index in [1.54, 1.807) is 6.07 Å². The Kier molecular flexibility index (Phi) is 5.29. The van der Waals surface area contributed by atoms with E-state index in [0.717, 1.165) is 20.5 Å². The summed E-state index contributed by atoms with van der Waals surface area (Å²) in [5, 5.41) is 0. The molecular formula is C15H15BrO2S2. The molecule has 1 unspecified atom stereocenters. The third-order valence-corrected chi connectivity index (χ3v) is 5.65. The van der Waals surface area contributed by atoms with Gasteiger partial charge in [0.05, 0.1) is 14.4 Å². The first-order chi connectivity index (χ1) is 9.44. The maximum absolute atomic E-state index is 12.1. The number of thiophene rings is 1. The summed E-state index contributed by atoms with van der Waals surface area (Å²) in [7, 11) is -1.17. The van der Waals surface area contributed by atoms with Gasteiger partial charge < -0.3 is 0 Å². The first-order valence-corrected chi connectivity index (χ1v) is 9.24. The minimum atomic E-state index is -1.17. The SMILES string of the molecule is Cc1cc(C)cc(CS(=O)CC(=O)c2ccc(Br)s2)c1. The van der Waals surface area contributed by atoms with Crippen molar-refractivity contribution in [1.82, 2.24) is 0 Å². The summed E-state index contributed by atoms with van der Waals surface area (Å²) in [6, 6.07) is 9.74. The molecule has 5 heteroatoms. The van der Waals surface area contributed by atoms with E-state index in [1.807, 2.05) is 32.0 Å². The molecule has 2 aromatic rings. The zero-order valence-corrected chi connectivity index (χ0v) is 14.5. The minimum Gasteiger partial charge on any atom is -0.292 e. The van der Waals surface area contributed by atoms with E-state index in [0.29, 0.717) is 10.6 Å². The van der Waals surface area contributed by atoms with Gasteiger partial charge in [-0.2, -0.15) is 0 Å². The molecule has 1 heterocycles. The van der Waals surface area contributed by atoms with E-state index in [-0.39, 0.29) is 11.5 Å². The predicted molar refractivity (Wildman–Crippen MR) is 89.0 cm³/mol. The molecule has 1 aromatic carbocycles. The van der Waals surface area contributed by atoms with Gasteiger partial charge in [-0.25, -0.2) is 0 Å². The van der Waals surface area contributed by atoms with Crippen molar-refractivity contribution >= 4 is 43.8 Å². The molecule has 0 saturated heterocycles. The molecule has 1 aromatic heterocycles. The van der Waals surface area contributed by atoms with E-state index in [4.69, 9.17) is 0 Å². The van der Waals surface area contributed by atoms with Gasteiger partial charge in [-0.3, -0.25) is 9.00 Å². The lowest BCUT2D eigenvalue weighted by atomic mass is 10.1. The molecule has 0 aliphatic rings. The van der Waals surface area contributed by atoms with Crippen LogP contribution in [-0.4, -0.2) is 15.7 Å². The highest BCUT2D eigenvalue weighted by Gasteiger charge is 2.13. The minimum absolute atomic E-state index is 0.0524. The number of ketones is 1. The molecule has 1 atom stereocenters. The van der Waals surface area contributed by atoms with Crippen LogP contribution < -0.4 is 0 Å². The van der Waals surface area contributed by atoms with Gasteiger partial charge in [-0.15, -0.1) is 11.3 Å². The molecule has 0 spiro atoms. The Morgan fingerprint density at radius 1 is 1.20 bits per heavy atom. The molecule has 0 N–H and O–H groups in total. The Bertz CT molecular complexity index is 641. The maximum Gasteiger partial charge on any atom is 0.185 e. The van der Waals surface area contributed by atoms with Crippen LogP contribution in [0.1, 0.15) is 26.4 Å². The summed E-state index contributed by atoms with van der Waals surface area (Å²) in [5.41, 5.74) is 3.34. The molecule has 20 heavy (non-hydrogen) atoms. The maximum atomic E-state index is 12.1. The molecule has 0 bridgehead atoms. The fourth-order valence-corrected chi connectivity index (χ4v) is 4.57. The number of carbonyl (C=O) groups is 1. The van der Waals surface area contributed by atoms with E-state index in [2.05, 4.69) is 22.0 Å². The van der Waals surface area contributed by atoms with Crippen molar-refractivity contribution in [1.29, 1.82) is 0 Å². The van der Waals surface area contributed by atoms with Crippen LogP contribution in [0.3, 0.4) is 0 Å². The van der Waals surface area contributed by atoms with Crippen LogP contribution in [0.2, 0.25) is 0 Å². The highest BCUT2D eigenvalue weighted by Crippen LogP contribution is 2.22. The second kappa shape index (κ2) is 6.78. The van der Waals surface area contributed by atoms with Gasteiger partial charge in [0.2, 0.25) is 0 Å². The highest BCUT2D eigenvalue weighted by molar-refractivity contribution is 9.11. The fraction of sp³-hybridized carbons (Fsp3) is 0.267. The van der Waals surface area contributed by atoms with Crippen molar-refractivity contribution in [2.45, 2.75) is 19.6 Å². The second-order valence-corrected chi connectivity index (χ2v) is 8.67. The van der Waals surface area contributed by atoms with Crippen molar-refractivity contribution < 1.29 is 9.00 Å². The molecule has 2 nitrogen and oxygen atoms in total. The van der Waals surface area contributed by atoms with Crippen LogP contribution in [0, 0.1) is 13.8 Å². The largest absolute Gasteiger partial charge is 0.292 e. The van der Waals surface area contributed by atoms with Crippen LogP contribution >= 0.6 is 27.3 Å². The first-order valence-electron chi connectivity index (χ1n) is 6.15. The summed E-state index contributed by atoms with van der Waals surface area (Å²) >= 11 is 4.71. The quantitative estimate of drug-likeness (QED) is 0.736. The lowest BCUT2D eigenvalue weighted by Gasteiger charge is -2.05. The molecule has 0 fully saturated rings. The topological polar surface area (TPSA) is 34.1 Å². The van der Waals surface area contributed by atoms with Crippen LogP contribution in [0.15, 0.2) is 34.1 Å². The van der Waals surface area contributed by atoms with E-state index >= 15 is 0 Å². The van der Waals surface area contributed by atoms with Crippen molar-refractivity contribution in [2.24, 2.45) is 0 Å². The summed E-state index contributed by atoms with van der Waals surface area (Å²) < 4.78 is 13.0. The molecule has 0 saturated carbocycles. The number of hydrogen-bond donors (Lipinski definition) is 0. The number of carbonyl (C=O) groups excluding carboxylic acids is 1. The van der Waals surface area contributed by atoms with Gasteiger partial charge in [0, 0.05) is 16.6 Å². The summed E-state index contributed by atoms with van der Waals surface area (Å²) in [4.78, 5) is 12.6. The second-order valence-electron chi connectivity index (χ2n) is 4.75. The van der Waals surface area contributed by atoms with Gasteiger partial charge >= 0.3 is 0 Å². The van der Waals surface area contributed by atoms with Crippen LogP contribution in [0.4, 0.5) is 0 Å². The highest BCUT2D eigenvalue weighted by atomic mass is 79.9. The smallest absolute Gasteiger partial charge is 0.185 e. The molecule has 0 radical (unpaired) electrons. The fourth-order valence-electron chi connectivity index (χ4n) is 2.07. The number of benzene rings is 1. The first kappa shape index (κ1) is 15.6. The summed E-state index contributed by atoms with van der Waals surface area (Å²) in [6.07, 6.45) is 0. The monoisotopic (exact) mass is 370 g/mol. The van der Waals surface area contributed by atoms with Crippen molar-refractivity contribution in [3.63, 3.8) is 0 Å². The lowest BCUT2D eigenvalue weighted by Crippen LogP contribution is -2.11. The van der Waals surface area contributed by atoms with E-state index < -0.39 is 10.8 Å². The predicted octanol–water partition coefficient (Wildman–Crippen LogP) is 4.26. The normalized spacial score (nSPS) is 12.3. The zero-order valence-electron chi connectivity index (χ0n) is 11.3. The molecule has 0 amide bonds. The van der Waals surface area contributed by atoms with Crippen LogP contribution in [0.5, 0.6) is 0 Å². The van der Waals surface area contributed by atoms with Crippen molar-refractivity contribution in [3.05, 3.63) is 55.7 Å². The van der Waals surface area contributed by atoms with Crippen molar-refractivity contribution in [3.8, 4) is 0 Å². The summed E-state index contributed by atoms with van der Waals surface area (Å²) in [5.74, 6) is 0.462. The lowest BCUT2D eigenvalue weighted by molar-refractivity contribution is 0.102. The zero-order chi connectivity index (χ0) is 14.7. The van der Waals surface area contributed by atoms with Gasteiger partial charge in [-0.1, -0.05) is 29.3 Å². The molecule has 106 valence electrons. The average molecular weight is 371 g/mol. The Morgan fingerprint density at radius 3 is 2.40 bits per heavy atom. The number of aryl methyl sites for hydroxylation is 2. The molecule has 0 aliphatic heterocycles. The Balaban J connectivity index is 2.00. The van der Waals surface area contributed by atoms with Crippen LogP contribution in [-0.2, 0) is 16.6 Å². The van der Waals surface area contributed by atoms with Crippen LogP contribution in [0.25, 0.3) is 0 Å². The summed E-state index contributed by atoms with van der Waals surface area (Å²) in [6.45, 7) is 4.04. The molecule has 2 rings (SSSR count). The Hall–Kier alpha value is -0.780. The number of halogens is 1. The number of hydrogen-bond acceptors (Lipinski definition) is 3. The van der Waals surface area contributed by atoms with E-state index in [1.165, 1.54) is 11.3 Å². The standard InChI is InChI=1S/C15H15BrO2S2/c1-10-5-11(2)7-12(6-10)8-20(18)9-13(17)14-3-4-15(16)19-14/h3-7H,8-9H2,1-2H3. The third kappa shape index (κ3) is 4.36. The van der Waals surface area contributed by atoms with Gasteiger partial charge in [0.15, 0.2) is 5.78 Å². The van der Waals surface area contributed by atoms with Gasteiger partial charge in [0.25, 0.3) is 0 Å². The van der Waals surface area contributed by atoms with Gasteiger partial charge in [-0.05, 0) is 47.5 Å². The van der Waals surface area contributed by atoms with Gasteiger partial charge in [0.1, 0.15) is 0 Å². The molecule has 0 aliphatic carbocycles. The third-order valence-electron chi connectivity index (χ3n) is 2.75. The Labute approximate surface area is 133 Å². The number of Topliss-reactive ketones (excluding diaryl/α,β-unsaturated/α-hetero) is 1. The average Bonchev–Trinajstić information content (AvgIpc) is 2.74. The van der Waals surface area contributed by atoms with Crippen molar-refractivity contribution in [2.75, 3.05) is 5.75 Å². The number of rotatable bonds is 5. The Morgan fingerprint density at radius 2 is 1.85 bits per heavy atom. The van der Waals surface area contributed by atoms with E-state index in [9.17, 15) is 9.00 Å².